The Morgan fingerprint density at radius 1 is 1.26 bits per heavy atom. The number of ether oxygens (including phenoxy) is 1. The maximum absolute atomic E-state index is 6.04. The number of methoxy groups -OCH3 is 1. The van der Waals surface area contributed by atoms with E-state index >= 15 is 0 Å². The molecular weight excluding hydrogens is 262 g/mol. The van der Waals surface area contributed by atoms with E-state index < -0.39 is 0 Å². The van der Waals surface area contributed by atoms with E-state index in [4.69, 9.17) is 16.3 Å². The maximum atomic E-state index is 6.04. The molecule has 2 aromatic rings. The third kappa shape index (κ3) is 2.79. The molecule has 1 aromatic carbocycles. The van der Waals surface area contributed by atoms with Gasteiger partial charge in [0.2, 0.25) is 0 Å². The summed E-state index contributed by atoms with van der Waals surface area (Å²) in [6.07, 6.45) is 1.80. The highest BCUT2D eigenvalue weighted by molar-refractivity contribution is 6.30. The molecule has 0 spiro atoms. The van der Waals surface area contributed by atoms with Gasteiger partial charge in [-0.15, -0.1) is 0 Å². The zero-order chi connectivity index (χ0) is 14.0. The number of halogens is 1. The van der Waals surface area contributed by atoms with Crippen LogP contribution in [0.2, 0.25) is 5.02 Å². The summed E-state index contributed by atoms with van der Waals surface area (Å²) in [5.41, 5.74) is 1.81. The lowest BCUT2D eigenvalue weighted by Gasteiger charge is -2.15. The van der Waals surface area contributed by atoms with Crippen molar-refractivity contribution in [3.8, 4) is 17.1 Å². The number of anilines is 1. The van der Waals surface area contributed by atoms with Crippen molar-refractivity contribution in [2.24, 2.45) is 0 Å². The molecule has 0 aliphatic carbocycles. The zero-order valence-corrected chi connectivity index (χ0v) is 12.2. The molecule has 0 aliphatic heterocycles. The normalized spacial score (nSPS) is 10.4. The van der Waals surface area contributed by atoms with Crippen molar-refractivity contribution in [2.45, 2.75) is 6.92 Å². The predicted molar refractivity (Wildman–Crippen MR) is 78.1 cm³/mol. The molecule has 0 atom stereocenters. The van der Waals surface area contributed by atoms with E-state index in [9.17, 15) is 0 Å². The van der Waals surface area contributed by atoms with Gasteiger partial charge in [-0.1, -0.05) is 11.6 Å². The SMILES string of the molecule is COc1ccc(Cl)cc1-c1ncc(C)c(N(C)C)n1. The van der Waals surface area contributed by atoms with E-state index in [1.165, 1.54) is 0 Å². The van der Waals surface area contributed by atoms with Crippen molar-refractivity contribution in [1.29, 1.82) is 0 Å². The van der Waals surface area contributed by atoms with Crippen LogP contribution in [0, 0.1) is 6.92 Å². The second-order valence-electron chi connectivity index (χ2n) is 4.44. The van der Waals surface area contributed by atoms with Crippen LogP contribution in [0.3, 0.4) is 0 Å². The Morgan fingerprint density at radius 3 is 2.63 bits per heavy atom. The minimum atomic E-state index is 0.605. The molecule has 19 heavy (non-hydrogen) atoms. The second-order valence-corrected chi connectivity index (χ2v) is 4.88. The van der Waals surface area contributed by atoms with Crippen LogP contribution in [0.25, 0.3) is 11.4 Å². The van der Waals surface area contributed by atoms with Gasteiger partial charge < -0.3 is 9.64 Å². The minimum Gasteiger partial charge on any atom is -0.496 e. The van der Waals surface area contributed by atoms with Gasteiger partial charge in [0.05, 0.1) is 12.7 Å². The third-order valence-corrected chi connectivity index (χ3v) is 3.01. The van der Waals surface area contributed by atoms with Gasteiger partial charge in [-0.3, -0.25) is 0 Å². The fraction of sp³-hybridized carbons (Fsp3) is 0.286. The summed E-state index contributed by atoms with van der Waals surface area (Å²) >= 11 is 6.04. The molecule has 0 unspecified atom stereocenters. The smallest absolute Gasteiger partial charge is 0.165 e. The quantitative estimate of drug-likeness (QED) is 0.864. The average molecular weight is 278 g/mol. The Balaban J connectivity index is 2.59. The van der Waals surface area contributed by atoms with Crippen LogP contribution in [0.15, 0.2) is 24.4 Å². The topological polar surface area (TPSA) is 38.2 Å². The number of nitrogens with zero attached hydrogens (tertiary/aromatic N) is 3. The standard InChI is InChI=1S/C14H16ClN3O/c1-9-8-16-13(17-14(9)18(2)3)11-7-10(15)5-6-12(11)19-4/h5-8H,1-4H3. The number of hydrogen-bond donors (Lipinski definition) is 0. The highest BCUT2D eigenvalue weighted by atomic mass is 35.5. The van der Waals surface area contributed by atoms with Crippen LogP contribution >= 0.6 is 11.6 Å². The van der Waals surface area contributed by atoms with E-state index in [1.807, 2.05) is 38.1 Å². The zero-order valence-electron chi connectivity index (χ0n) is 11.4. The molecule has 0 fully saturated rings. The van der Waals surface area contributed by atoms with Crippen LogP contribution in [-0.4, -0.2) is 31.2 Å². The largest absolute Gasteiger partial charge is 0.496 e. The summed E-state index contributed by atoms with van der Waals surface area (Å²) in [5, 5.41) is 0.631. The van der Waals surface area contributed by atoms with Gasteiger partial charge in [0, 0.05) is 30.9 Å². The molecular formula is C14H16ClN3O. The maximum Gasteiger partial charge on any atom is 0.165 e. The van der Waals surface area contributed by atoms with Crippen LogP contribution in [-0.2, 0) is 0 Å². The van der Waals surface area contributed by atoms with Crippen LogP contribution in [0.4, 0.5) is 5.82 Å². The number of rotatable bonds is 3. The summed E-state index contributed by atoms with van der Waals surface area (Å²) < 4.78 is 5.33. The Kier molecular flexibility index (Phi) is 3.90. The summed E-state index contributed by atoms with van der Waals surface area (Å²) in [4.78, 5) is 10.9. The summed E-state index contributed by atoms with van der Waals surface area (Å²) in [5.74, 6) is 2.19. The van der Waals surface area contributed by atoms with E-state index in [-0.39, 0.29) is 0 Å². The van der Waals surface area contributed by atoms with Crippen molar-refractivity contribution in [3.63, 3.8) is 0 Å². The molecule has 0 radical (unpaired) electrons. The summed E-state index contributed by atoms with van der Waals surface area (Å²) in [7, 11) is 5.52. The van der Waals surface area contributed by atoms with E-state index in [1.54, 1.807) is 19.4 Å². The van der Waals surface area contributed by atoms with Crippen LogP contribution < -0.4 is 9.64 Å². The van der Waals surface area contributed by atoms with E-state index in [0.29, 0.717) is 16.6 Å². The van der Waals surface area contributed by atoms with Crippen molar-refractivity contribution < 1.29 is 4.74 Å². The molecule has 0 saturated heterocycles. The van der Waals surface area contributed by atoms with Gasteiger partial charge in [-0.2, -0.15) is 0 Å². The van der Waals surface area contributed by atoms with Gasteiger partial charge >= 0.3 is 0 Å². The molecule has 4 nitrogen and oxygen atoms in total. The van der Waals surface area contributed by atoms with Gasteiger partial charge in [-0.05, 0) is 25.1 Å². The second kappa shape index (κ2) is 5.45. The molecule has 0 amide bonds. The van der Waals surface area contributed by atoms with Crippen molar-refractivity contribution in [2.75, 3.05) is 26.1 Å². The van der Waals surface area contributed by atoms with Crippen molar-refractivity contribution in [1.82, 2.24) is 9.97 Å². The number of benzene rings is 1. The molecule has 0 N–H and O–H groups in total. The molecule has 0 aliphatic rings. The lowest BCUT2D eigenvalue weighted by Crippen LogP contribution is -2.13. The predicted octanol–water partition coefficient (Wildman–Crippen LogP) is 3.18. The Labute approximate surface area is 118 Å². The first-order valence-corrected chi connectivity index (χ1v) is 6.25. The summed E-state index contributed by atoms with van der Waals surface area (Å²) in [6.45, 7) is 1.98. The van der Waals surface area contributed by atoms with Crippen LogP contribution in [0.1, 0.15) is 5.56 Å². The Morgan fingerprint density at radius 2 is 2.00 bits per heavy atom. The molecule has 0 saturated carbocycles. The average Bonchev–Trinajstić information content (AvgIpc) is 2.39. The molecule has 100 valence electrons. The number of hydrogen-bond acceptors (Lipinski definition) is 4. The first kappa shape index (κ1) is 13.6. The van der Waals surface area contributed by atoms with E-state index in [2.05, 4.69) is 9.97 Å². The monoisotopic (exact) mass is 277 g/mol. The first-order valence-electron chi connectivity index (χ1n) is 5.88. The molecule has 2 rings (SSSR count). The molecule has 0 bridgehead atoms. The number of aryl methyl sites for hydroxylation is 1. The van der Waals surface area contributed by atoms with Gasteiger partial charge in [0.15, 0.2) is 5.82 Å². The minimum absolute atomic E-state index is 0.605. The van der Waals surface area contributed by atoms with Gasteiger partial charge in [0.1, 0.15) is 11.6 Å². The third-order valence-electron chi connectivity index (χ3n) is 2.77. The fourth-order valence-electron chi connectivity index (χ4n) is 1.87. The number of aromatic nitrogens is 2. The fourth-order valence-corrected chi connectivity index (χ4v) is 2.04. The first-order chi connectivity index (χ1) is 9.02. The van der Waals surface area contributed by atoms with E-state index in [0.717, 1.165) is 16.9 Å². The Hall–Kier alpha value is -1.81. The highest BCUT2D eigenvalue weighted by Gasteiger charge is 2.12. The van der Waals surface area contributed by atoms with Crippen molar-refractivity contribution >= 4 is 17.4 Å². The molecule has 1 heterocycles. The van der Waals surface area contributed by atoms with Crippen molar-refractivity contribution in [3.05, 3.63) is 35.0 Å². The lowest BCUT2D eigenvalue weighted by molar-refractivity contribution is 0.416. The summed E-state index contributed by atoms with van der Waals surface area (Å²) in [6, 6.07) is 5.41. The molecule has 5 heteroatoms. The Bertz CT molecular complexity index is 599. The van der Waals surface area contributed by atoms with Crippen LogP contribution in [0.5, 0.6) is 5.75 Å². The van der Waals surface area contributed by atoms with Gasteiger partial charge in [0.25, 0.3) is 0 Å². The molecule has 1 aromatic heterocycles. The highest BCUT2D eigenvalue weighted by Crippen LogP contribution is 2.31. The lowest BCUT2D eigenvalue weighted by atomic mass is 10.2. The van der Waals surface area contributed by atoms with Gasteiger partial charge in [-0.25, -0.2) is 9.97 Å².